The molecule has 0 aliphatic heterocycles. The first-order valence-electron chi connectivity index (χ1n) is 21.0. The van der Waals surface area contributed by atoms with E-state index in [1.54, 1.807) is 0 Å². The van der Waals surface area contributed by atoms with Crippen LogP contribution in [-0.4, -0.2) is 15.7 Å². The van der Waals surface area contributed by atoms with Crippen LogP contribution in [0.4, 0.5) is 0 Å². The fraction of sp³-hybridized carbons (Fsp3) is 0.222. The molecule has 0 saturated carbocycles. The van der Waals surface area contributed by atoms with Gasteiger partial charge in [-0.05, 0) is 95.3 Å². The van der Waals surface area contributed by atoms with Crippen LogP contribution in [0.25, 0.3) is 61.5 Å². The van der Waals surface area contributed by atoms with Gasteiger partial charge in [-0.15, -0.1) is 13.2 Å². The molecule has 0 spiro atoms. The van der Waals surface area contributed by atoms with E-state index in [0.29, 0.717) is 17.8 Å². The Bertz CT molecular complexity index is 2830. The van der Waals surface area contributed by atoms with Crippen molar-refractivity contribution in [2.45, 2.75) is 65.0 Å². The summed E-state index contributed by atoms with van der Waals surface area (Å²) in [6, 6.07) is 34.7. The smallest absolute Gasteiger partial charge is 0.0818 e. The average molecular weight is 744 g/mol. The van der Waals surface area contributed by atoms with Crippen LogP contribution in [0.15, 0.2) is 152 Å². The summed E-state index contributed by atoms with van der Waals surface area (Å²) in [5.74, 6) is 1.21. The zero-order valence-corrected chi connectivity index (χ0v) is 33.8. The Hall–Kier alpha value is -5.90. The van der Waals surface area contributed by atoms with Gasteiger partial charge in [0.15, 0.2) is 0 Å². The molecule has 4 atom stereocenters. The van der Waals surface area contributed by atoms with E-state index in [9.17, 15) is 0 Å². The van der Waals surface area contributed by atoms with Gasteiger partial charge in [-0.25, -0.2) is 0 Å². The Morgan fingerprint density at radius 1 is 0.719 bits per heavy atom. The van der Waals surface area contributed by atoms with Gasteiger partial charge in [0.1, 0.15) is 0 Å². The Morgan fingerprint density at radius 3 is 2.25 bits per heavy atom. The molecule has 3 nitrogen and oxygen atoms in total. The molecular formula is C54H53N3. The van der Waals surface area contributed by atoms with Gasteiger partial charge >= 0.3 is 0 Å². The number of aromatic nitrogens is 2. The van der Waals surface area contributed by atoms with Crippen molar-refractivity contribution in [3.8, 4) is 5.69 Å². The summed E-state index contributed by atoms with van der Waals surface area (Å²) in [5, 5.41) is 9.19. The highest BCUT2D eigenvalue weighted by molar-refractivity contribution is 6.23. The summed E-state index contributed by atoms with van der Waals surface area (Å²) < 4.78 is 5.13. The molecule has 4 aliphatic carbocycles. The normalized spacial score (nSPS) is 18.3. The van der Waals surface area contributed by atoms with E-state index < -0.39 is 0 Å². The number of allylic oxidation sites excluding steroid dienone is 8. The monoisotopic (exact) mass is 743 g/mol. The molecule has 7 aromatic rings. The van der Waals surface area contributed by atoms with Crippen molar-refractivity contribution < 1.29 is 0 Å². The molecule has 4 aliphatic rings. The number of fused-ring (bicyclic) bond motifs is 8. The molecular weight excluding hydrogens is 691 g/mol. The summed E-state index contributed by atoms with van der Waals surface area (Å²) in [7, 11) is 0. The molecule has 0 amide bonds. The molecule has 0 radical (unpaired) electrons. The van der Waals surface area contributed by atoms with Gasteiger partial charge in [-0.2, -0.15) is 0 Å². The molecule has 0 bridgehead atoms. The Labute approximate surface area is 337 Å². The van der Waals surface area contributed by atoms with Crippen molar-refractivity contribution in [1.82, 2.24) is 14.5 Å². The third-order valence-electron chi connectivity index (χ3n) is 12.6. The van der Waals surface area contributed by atoms with E-state index in [1.807, 2.05) is 13.8 Å². The molecule has 11 rings (SSSR count). The number of nitrogens with one attached hydrogen (secondary N) is 1. The van der Waals surface area contributed by atoms with Crippen LogP contribution in [0, 0.1) is 5.92 Å². The summed E-state index contributed by atoms with van der Waals surface area (Å²) in [4.78, 5) is 0. The molecule has 0 saturated heterocycles. The highest BCUT2D eigenvalue weighted by Crippen LogP contribution is 2.49. The minimum Gasteiger partial charge on any atom is -0.323 e. The highest BCUT2D eigenvalue weighted by atomic mass is 15.2. The fourth-order valence-corrected chi connectivity index (χ4v) is 9.98. The first-order valence-corrected chi connectivity index (χ1v) is 21.0. The second-order valence-corrected chi connectivity index (χ2v) is 15.7. The maximum Gasteiger partial charge on any atom is 0.0818 e. The number of hydrogen-bond donors (Lipinski definition) is 1. The molecule has 0 fully saturated rings. The van der Waals surface area contributed by atoms with Crippen molar-refractivity contribution >= 4 is 55.8 Å². The second kappa shape index (κ2) is 15.2. The van der Waals surface area contributed by atoms with Crippen molar-refractivity contribution in [3.05, 3.63) is 186 Å². The highest BCUT2D eigenvalue weighted by Gasteiger charge is 2.33. The molecule has 5 aromatic carbocycles. The van der Waals surface area contributed by atoms with Crippen LogP contribution in [0.3, 0.4) is 0 Å². The zero-order chi connectivity index (χ0) is 39.2. The van der Waals surface area contributed by atoms with Gasteiger partial charge in [0.25, 0.3) is 0 Å². The van der Waals surface area contributed by atoms with E-state index in [-0.39, 0.29) is 6.17 Å². The lowest BCUT2D eigenvalue weighted by atomic mass is 9.69. The summed E-state index contributed by atoms with van der Waals surface area (Å²) in [5.41, 5.74) is 16.2. The molecule has 57 heavy (non-hydrogen) atoms. The predicted molar refractivity (Wildman–Crippen MR) is 247 cm³/mol. The quantitative estimate of drug-likeness (QED) is 0.168. The molecule has 284 valence electrons. The number of hydrogen-bond acceptors (Lipinski definition) is 1. The Kier molecular flexibility index (Phi) is 9.80. The second-order valence-electron chi connectivity index (χ2n) is 15.7. The summed E-state index contributed by atoms with van der Waals surface area (Å²) in [6.45, 7) is 15.6. The van der Waals surface area contributed by atoms with E-state index in [2.05, 4.69) is 187 Å². The molecule has 3 heteroatoms. The molecule has 4 unspecified atom stereocenters. The number of aryl methyl sites for hydroxylation is 1. The largest absolute Gasteiger partial charge is 0.323 e. The van der Waals surface area contributed by atoms with Crippen molar-refractivity contribution in [3.63, 3.8) is 0 Å². The van der Waals surface area contributed by atoms with Crippen molar-refractivity contribution in [2.75, 3.05) is 6.54 Å². The van der Waals surface area contributed by atoms with Crippen molar-refractivity contribution in [2.24, 2.45) is 5.92 Å². The van der Waals surface area contributed by atoms with Gasteiger partial charge < -0.3 is 9.13 Å². The number of rotatable bonds is 6. The first kappa shape index (κ1) is 36.7. The molecule has 1 N–H and O–H groups in total. The molecule has 2 heterocycles. The van der Waals surface area contributed by atoms with Crippen LogP contribution in [0.2, 0.25) is 0 Å². The first-order chi connectivity index (χ1) is 28.1. The van der Waals surface area contributed by atoms with Gasteiger partial charge in [-0.3, -0.25) is 5.32 Å². The van der Waals surface area contributed by atoms with E-state index >= 15 is 0 Å². The fourth-order valence-electron chi connectivity index (χ4n) is 9.98. The maximum absolute atomic E-state index is 4.02. The standard InChI is InChI=1S/C50H43N3.C2H6.C2H4/c1-31(36-22-19-33-11-4-3-5-12-37(33)27-36)30-51-32(2)52-45-17-8-6-15-41(45)43-25-26-44-42-16-7-9-18-46(42)53(50(44)49(43)52)40-28-38-23-20-34-13-10-14-35-21-24-39(29-40)48(38)47(34)35;2*1-2/h3-4,6-10,13-29,31-32,34,47,51H,5,11-12,30H2,1-2H3;1-2H3;1-2H2. The lowest BCUT2D eigenvalue weighted by Gasteiger charge is -2.35. The third-order valence-corrected chi connectivity index (χ3v) is 12.6. The minimum absolute atomic E-state index is 0.0685. The zero-order valence-electron chi connectivity index (χ0n) is 33.8. The average Bonchev–Trinajstić information content (AvgIpc) is 3.68. The third kappa shape index (κ3) is 5.99. The van der Waals surface area contributed by atoms with E-state index in [4.69, 9.17) is 0 Å². The maximum atomic E-state index is 4.02. The Balaban J connectivity index is 0.00000103. The van der Waals surface area contributed by atoms with Gasteiger partial charge in [0.05, 0.1) is 28.2 Å². The van der Waals surface area contributed by atoms with Crippen molar-refractivity contribution in [1.29, 1.82) is 0 Å². The summed E-state index contributed by atoms with van der Waals surface area (Å²) in [6.07, 6.45) is 24.4. The van der Waals surface area contributed by atoms with Crippen LogP contribution in [0.5, 0.6) is 0 Å². The number of nitrogens with zero attached hydrogens (tertiary/aromatic N) is 2. The lowest BCUT2D eigenvalue weighted by Crippen LogP contribution is -2.28. The van der Waals surface area contributed by atoms with E-state index in [1.165, 1.54) is 88.3 Å². The summed E-state index contributed by atoms with van der Waals surface area (Å²) >= 11 is 0. The SMILES string of the molecule is C=C.CC.CC(CNC(C)n1c2ccccc2c2ccc3c4ccccc4n(-c4cc5c6c(c4)C=CC4C=CC=C(C=C5)C64)c3c21)c1ccc2c(c1)CCC=CC2. The minimum atomic E-state index is 0.0685. The Morgan fingerprint density at radius 2 is 1.44 bits per heavy atom. The van der Waals surface area contributed by atoms with Crippen LogP contribution in [0.1, 0.15) is 85.5 Å². The van der Waals surface area contributed by atoms with Gasteiger partial charge in [0.2, 0.25) is 0 Å². The van der Waals surface area contributed by atoms with Crippen LogP contribution in [-0.2, 0) is 12.8 Å². The van der Waals surface area contributed by atoms with Crippen LogP contribution < -0.4 is 5.32 Å². The van der Waals surface area contributed by atoms with Gasteiger partial charge in [-0.1, -0.05) is 142 Å². The molecule has 2 aromatic heterocycles. The van der Waals surface area contributed by atoms with Gasteiger partial charge in [0, 0.05) is 45.6 Å². The number of benzene rings is 5. The van der Waals surface area contributed by atoms with E-state index in [0.717, 1.165) is 25.8 Å². The number of para-hydroxylation sites is 2. The van der Waals surface area contributed by atoms with Crippen LogP contribution >= 0.6 is 0 Å². The predicted octanol–water partition coefficient (Wildman–Crippen LogP) is 13.9. The lowest BCUT2D eigenvalue weighted by molar-refractivity contribution is 0.443. The topological polar surface area (TPSA) is 21.9 Å².